The Hall–Kier alpha value is -0.920. The number of halogens is 2. The van der Waals surface area contributed by atoms with E-state index in [0.29, 0.717) is 0 Å². The summed E-state index contributed by atoms with van der Waals surface area (Å²) in [5.41, 5.74) is 3.05. The molecule has 0 nitrogen and oxygen atoms in total. The van der Waals surface area contributed by atoms with Crippen LogP contribution in [0.3, 0.4) is 0 Å². The summed E-state index contributed by atoms with van der Waals surface area (Å²) in [6.45, 7) is 6.59. The number of alkyl halides is 2. The minimum atomic E-state index is -2.73. The second-order valence-corrected chi connectivity index (χ2v) is 3.62. The molecule has 13 heavy (non-hydrogen) atoms. The van der Waals surface area contributed by atoms with Crippen LogP contribution in [0.2, 0.25) is 0 Å². The lowest BCUT2D eigenvalue weighted by Crippen LogP contribution is -2.08. The van der Waals surface area contributed by atoms with Gasteiger partial charge in [0.25, 0.3) is 5.92 Å². The number of rotatable bonds is 1. The molecule has 0 fully saturated rings. The minimum Gasteiger partial charge on any atom is -0.202 e. The van der Waals surface area contributed by atoms with Crippen LogP contribution in [0.4, 0.5) is 8.78 Å². The largest absolute Gasteiger partial charge is 0.270 e. The van der Waals surface area contributed by atoms with Gasteiger partial charge >= 0.3 is 0 Å². The van der Waals surface area contributed by atoms with Gasteiger partial charge < -0.3 is 0 Å². The quantitative estimate of drug-likeness (QED) is 0.624. The summed E-state index contributed by atoms with van der Waals surface area (Å²) >= 11 is 0. The first-order valence-electron chi connectivity index (χ1n) is 4.28. The highest BCUT2D eigenvalue weighted by atomic mass is 19.3. The van der Waals surface area contributed by atoms with Crippen LogP contribution >= 0.6 is 0 Å². The Labute approximate surface area is 77.6 Å². The lowest BCUT2D eigenvalue weighted by Gasteiger charge is -2.14. The van der Waals surface area contributed by atoms with E-state index < -0.39 is 5.92 Å². The zero-order valence-electron chi connectivity index (χ0n) is 8.41. The highest BCUT2D eigenvalue weighted by Gasteiger charge is 2.24. The van der Waals surface area contributed by atoms with Crippen LogP contribution in [0.25, 0.3) is 0 Å². The highest BCUT2D eigenvalue weighted by Crippen LogP contribution is 2.29. The third-order valence-electron chi connectivity index (χ3n) is 2.43. The molecule has 1 aromatic rings. The summed E-state index contributed by atoms with van der Waals surface area (Å²) < 4.78 is 25.9. The van der Waals surface area contributed by atoms with E-state index in [-0.39, 0.29) is 5.56 Å². The van der Waals surface area contributed by atoms with E-state index in [1.54, 1.807) is 12.1 Å². The first-order valence-corrected chi connectivity index (χ1v) is 4.28. The number of benzene rings is 1. The van der Waals surface area contributed by atoms with Crippen molar-refractivity contribution in [2.75, 3.05) is 0 Å². The lowest BCUT2D eigenvalue weighted by atomic mass is 9.98. The molecule has 0 heterocycles. The molecule has 0 amide bonds. The maximum atomic E-state index is 12.9. The van der Waals surface area contributed by atoms with Gasteiger partial charge in [-0.25, -0.2) is 8.78 Å². The fourth-order valence-corrected chi connectivity index (χ4v) is 1.29. The molecule has 0 aliphatic heterocycles. The van der Waals surface area contributed by atoms with Gasteiger partial charge in [-0.2, -0.15) is 0 Å². The first kappa shape index (κ1) is 10.2. The average Bonchev–Trinajstić information content (AvgIpc) is 1.97. The molecule has 0 atom stereocenters. The summed E-state index contributed by atoms with van der Waals surface area (Å²) in [4.78, 5) is 0. The van der Waals surface area contributed by atoms with Gasteiger partial charge in [0.15, 0.2) is 0 Å². The van der Waals surface area contributed by atoms with Gasteiger partial charge in [-0.15, -0.1) is 0 Å². The van der Waals surface area contributed by atoms with Crippen molar-refractivity contribution in [1.82, 2.24) is 0 Å². The molecule has 2 heteroatoms. The fourth-order valence-electron chi connectivity index (χ4n) is 1.29. The summed E-state index contributed by atoms with van der Waals surface area (Å²) in [5.74, 6) is -2.73. The standard InChI is InChI=1S/C11H14F2/c1-7-5-10(11(4,12)13)6-8(2)9(7)3/h5-6H,1-4H3. The summed E-state index contributed by atoms with van der Waals surface area (Å²) in [5, 5.41) is 0. The Kier molecular flexibility index (Phi) is 2.42. The molecular formula is C11H14F2. The molecule has 0 saturated carbocycles. The summed E-state index contributed by atoms with van der Waals surface area (Å²) in [6.07, 6.45) is 0. The molecule has 0 aliphatic carbocycles. The van der Waals surface area contributed by atoms with Gasteiger partial charge in [0.05, 0.1) is 0 Å². The van der Waals surface area contributed by atoms with E-state index >= 15 is 0 Å². The second-order valence-electron chi connectivity index (χ2n) is 3.62. The molecule has 0 spiro atoms. The van der Waals surface area contributed by atoms with Crippen molar-refractivity contribution in [3.8, 4) is 0 Å². The van der Waals surface area contributed by atoms with Crippen LogP contribution in [0, 0.1) is 20.8 Å². The van der Waals surface area contributed by atoms with Crippen LogP contribution in [-0.4, -0.2) is 0 Å². The average molecular weight is 184 g/mol. The highest BCUT2D eigenvalue weighted by molar-refractivity contribution is 5.38. The number of hydrogen-bond acceptors (Lipinski definition) is 0. The number of aryl methyl sites for hydroxylation is 2. The van der Waals surface area contributed by atoms with Crippen LogP contribution in [0.15, 0.2) is 12.1 Å². The third kappa shape index (κ3) is 2.06. The molecule has 0 unspecified atom stereocenters. The maximum Gasteiger partial charge on any atom is 0.270 e. The molecule has 0 N–H and O–H groups in total. The van der Waals surface area contributed by atoms with Crippen molar-refractivity contribution in [1.29, 1.82) is 0 Å². The Morgan fingerprint density at radius 2 is 1.38 bits per heavy atom. The first-order chi connectivity index (χ1) is 5.82. The molecular weight excluding hydrogens is 170 g/mol. The van der Waals surface area contributed by atoms with Gasteiger partial charge in [0.2, 0.25) is 0 Å². The molecule has 0 aromatic heterocycles. The minimum absolute atomic E-state index is 0.105. The predicted octanol–water partition coefficient (Wildman–Crippen LogP) is 3.72. The molecule has 72 valence electrons. The van der Waals surface area contributed by atoms with E-state index in [9.17, 15) is 8.78 Å². The van der Waals surface area contributed by atoms with E-state index in [0.717, 1.165) is 23.6 Å². The molecule has 0 aliphatic rings. The van der Waals surface area contributed by atoms with Gasteiger partial charge in [0, 0.05) is 12.5 Å². The van der Waals surface area contributed by atoms with Crippen molar-refractivity contribution in [3.05, 3.63) is 34.4 Å². The summed E-state index contributed by atoms with van der Waals surface area (Å²) in [6, 6.07) is 3.12. The SMILES string of the molecule is Cc1cc(C(C)(F)F)cc(C)c1C. The van der Waals surface area contributed by atoms with E-state index in [1.807, 2.05) is 20.8 Å². The monoisotopic (exact) mass is 184 g/mol. The fraction of sp³-hybridized carbons (Fsp3) is 0.455. The molecule has 0 saturated heterocycles. The van der Waals surface area contributed by atoms with Gasteiger partial charge in [0.1, 0.15) is 0 Å². The van der Waals surface area contributed by atoms with Crippen LogP contribution in [0.5, 0.6) is 0 Å². The van der Waals surface area contributed by atoms with E-state index in [1.165, 1.54) is 0 Å². The van der Waals surface area contributed by atoms with Gasteiger partial charge in [-0.3, -0.25) is 0 Å². The summed E-state index contributed by atoms with van der Waals surface area (Å²) in [7, 11) is 0. The lowest BCUT2D eigenvalue weighted by molar-refractivity contribution is 0.0173. The van der Waals surface area contributed by atoms with Crippen molar-refractivity contribution in [2.24, 2.45) is 0 Å². The van der Waals surface area contributed by atoms with Gasteiger partial charge in [-0.1, -0.05) is 0 Å². The predicted molar refractivity (Wildman–Crippen MR) is 50.2 cm³/mol. The number of hydrogen-bond donors (Lipinski definition) is 0. The smallest absolute Gasteiger partial charge is 0.202 e. The third-order valence-corrected chi connectivity index (χ3v) is 2.43. The van der Waals surface area contributed by atoms with E-state index in [4.69, 9.17) is 0 Å². The van der Waals surface area contributed by atoms with Gasteiger partial charge in [-0.05, 0) is 49.6 Å². The Balaban J connectivity index is 3.29. The zero-order valence-corrected chi connectivity index (χ0v) is 8.41. The Bertz CT molecular complexity index is 298. The Morgan fingerprint density at radius 1 is 1.00 bits per heavy atom. The van der Waals surface area contributed by atoms with Crippen LogP contribution < -0.4 is 0 Å². The van der Waals surface area contributed by atoms with Crippen LogP contribution in [-0.2, 0) is 5.92 Å². The zero-order chi connectivity index (χ0) is 10.2. The normalized spacial score (nSPS) is 11.8. The van der Waals surface area contributed by atoms with Crippen molar-refractivity contribution in [3.63, 3.8) is 0 Å². The topological polar surface area (TPSA) is 0 Å². The van der Waals surface area contributed by atoms with E-state index in [2.05, 4.69) is 0 Å². The molecule has 0 bridgehead atoms. The molecule has 0 radical (unpaired) electrons. The Morgan fingerprint density at radius 3 is 1.69 bits per heavy atom. The van der Waals surface area contributed by atoms with Crippen molar-refractivity contribution in [2.45, 2.75) is 33.6 Å². The van der Waals surface area contributed by atoms with Crippen molar-refractivity contribution >= 4 is 0 Å². The molecule has 1 aromatic carbocycles. The van der Waals surface area contributed by atoms with Crippen LogP contribution in [0.1, 0.15) is 29.2 Å². The maximum absolute atomic E-state index is 12.9. The molecule has 1 rings (SSSR count). The second kappa shape index (κ2) is 3.09. The van der Waals surface area contributed by atoms with Crippen molar-refractivity contribution < 1.29 is 8.78 Å².